The zero-order chi connectivity index (χ0) is 15.1. The molecule has 1 aliphatic carbocycles. The number of hydrogen-bond acceptors (Lipinski definition) is 2. The molecule has 0 saturated heterocycles. The molecule has 0 spiro atoms. The molecule has 2 rings (SSSR count). The fourth-order valence-corrected chi connectivity index (χ4v) is 3.19. The molecule has 0 heterocycles. The number of nitrogens with one attached hydrogen (secondary N) is 1. The summed E-state index contributed by atoms with van der Waals surface area (Å²) in [6.07, 6.45) is 6.86. The van der Waals surface area contributed by atoms with Crippen LogP contribution in [0.1, 0.15) is 44.6 Å². The summed E-state index contributed by atoms with van der Waals surface area (Å²) in [4.78, 5) is 12.5. The zero-order valence-electron chi connectivity index (χ0n) is 13.1. The van der Waals surface area contributed by atoms with Crippen LogP contribution in [0.15, 0.2) is 30.3 Å². The van der Waals surface area contributed by atoms with Gasteiger partial charge in [-0.2, -0.15) is 0 Å². The van der Waals surface area contributed by atoms with E-state index >= 15 is 0 Å². The fraction of sp³-hybridized carbons (Fsp3) is 0.611. The highest BCUT2D eigenvalue weighted by atomic mass is 16.1. The SMILES string of the molecule is CC1CCCCCC1NC(=O)C(CN)Cc1ccccc1. The Morgan fingerprint density at radius 2 is 1.95 bits per heavy atom. The maximum atomic E-state index is 12.5. The highest BCUT2D eigenvalue weighted by molar-refractivity contribution is 5.79. The summed E-state index contributed by atoms with van der Waals surface area (Å²) in [5.41, 5.74) is 7.01. The summed E-state index contributed by atoms with van der Waals surface area (Å²) in [5.74, 6) is 0.578. The Morgan fingerprint density at radius 3 is 2.67 bits per heavy atom. The Balaban J connectivity index is 1.93. The van der Waals surface area contributed by atoms with Gasteiger partial charge in [-0.15, -0.1) is 0 Å². The van der Waals surface area contributed by atoms with Crippen LogP contribution in [-0.2, 0) is 11.2 Å². The molecule has 1 fully saturated rings. The minimum Gasteiger partial charge on any atom is -0.353 e. The number of carbonyl (C=O) groups excluding carboxylic acids is 1. The van der Waals surface area contributed by atoms with Gasteiger partial charge in [0.1, 0.15) is 0 Å². The second-order valence-electron chi connectivity index (χ2n) is 6.35. The van der Waals surface area contributed by atoms with Crippen molar-refractivity contribution in [3.05, 3.63) is 35.9 Å². The number of carbonyl (C=O) groups is 1. The zero-order valence-corrected chi connectivity index (χ0v) is 13.1. The topological polar surface area (TPSA) is 55.1 Å². The predicted molar refractivity (Wildman–Crippen MR) is 86.9 cm³/mol. The Morgan fingerprint density at radius 1 is 1.24 bits per heavy atom. The van der Waals surface area contributed by atoms with Crippen LogP contribution in [0.25, 0.3) is 0 Å². The van der Waals surface area contributed by atoms with Gasteiger partial charge >= 0.3 is 0 Å². The molecule has 3 nitrogen and oxygen atoms in total. The monoisotopic (exact) mass is 288 g/mol. The first-order valence-electron chi connectivity index (χ1n) is 8.25. The van der Waals surface area contributed by atoms with Crippen molar-refractivity contribution in [2.24, 2.45) is 17.6 Å². The van der Waals surface area contributed by atoms with Gasteiger partial charge in [0.2, 0.25) is 5.91 Å². The Hall–Kier alpha value is -1.35. The van der Waals surface area contributed by atoms with Crippen LogP contribution < -0.4 is 11.1 Å². The van der Waals surface area contributed by atoms with E-state index in [1.165, 1.54) is 31.2 Å². The van der Waals surface area contributed by atoms with Crippen molar-refractivity contribution >= 4 is 5.91 Å². The van der Waals surface area contributed by atoms with E-state index in [2.05, 4.69) is 24.4 Å². The number of rotatable bonds is 5. The van der Waals surface area contributed by atoms with Crippen LogP contribution >= 0.6 is 0 Å². The summed E-state index contributed by atoms with van der Waals surface area (Å²) in [6, 6.07) is 10.5. The molecule has 1 aromatic rings. The fourth-order valence-electron chi connectivity index (χ4n) is 3.19. The predicted octanol–water partition coefficient (Wildman–Crippen LogP) is 2.89. The van der Waals surface area contributed by atoms with Crippen molar-refractivity contribution < 1.29 is 4.79 Å². The lowest BCUT2D eigenvalue weighted by molar-refractivity contribution is -0.125. The van der Waals surface area contributed by atoms with E-state index in [9.17, 15) is 4.79 Å². The van der Waals surface area contributed by atoms with Crippen molar-refractivity contribution in [3.8, 4) is 0 Å². The van der Waals surface area contributed by atoms with Gasteiger partial charge in [0.25, 0.3) is 0 Å². The number of hydrogen-bond donors (Lipinski definition) is 2. The second kappa shape index (κ2) is 8.18. The third-order valence-corrected chi connectivity index (χ3v) is 4.67. The van der Waals surface area contributed by atoms with Crippen LogP contribution in [0.3, 0.4) is 0 Å². The molecule has 3 atom stereocenters. The smallest absolute Gasteiger partial charge is 0.224 e. The first kappa shape index (κ1) is 16.0. The van der Waals surface area contributed by atoms with Crippen molar-refractivity contribution in [2.75, 3.05) is 6.54 Å². The lowest BCUT2D eigenvalue weighted by Gasteiger charge is -2.25. The summed E-state index contributed by atoms with van der Waals surface area (Å²) in [6.45, 7) is 2.66. The van der Waals surface area contributed by atoms with E-state index in [1.807, 2.05) is 18.2 Å². The van der Waals surface area contributed by atoms with Gasteiger partial charge in [0.05, 0.1) is 5.92 Å². The molecular weight excluding hydrogens is 260 g/mol. The molecule has 1 aliphatic rings. The molecule has 0 radical (unpaired) electrons. The van der Waals surface area contributed by atoms with Crippen LogP contribution in [0, 0.1) is 11.8 Å². The Bertz CT molecular complexity index is 432. The van der Waals surface area contributed by atoms with E-state index in [4.69, 9.17) is 5.73 Å². The van der Waals surface area contributed by atoms with Crippen molar-refractivity contribution in [1.29, 1.82) is 0 Å². The van der Waals surface area contributed by atoms with Crippen LogP contribution in [0.2, 0.25) is 0 Å². The van der Waals surface area contributed by atoms with Gasteiger partial charge in [0, 0.05) is 12.6 Å². The summed E-state index contributed by atoms with van der Waals surface area (Å²) in [7, 11) is 0. The summed E-state index contributed by atoms with van der Waals surface area (Å²) < 4.78 is 0. The maximum Gasteiger partial charge on any atom is 0.224 e. The van der Waals surface area contributed by atoms with Crippen LogP contribution in [0.4, 0.5) is 0 Å². The molecule has 1 saturated carbocycles. The highest BCUT2D eigenvalue weighted by Crippen LogP contribution is 2.23. The maximum absolute atomic E-state index is 12.5. The van der Waals surface area contributed by atoms with E-state index in [0.717, 1.165) is 12.8 Å². The average molecular weight is 288 g/mol. The van der Waals surface area contributed by atoms with Crippen LogP contribution in [-0.4, -0.2) is 18.5 Å². The highest BCUT2D eigenvalue weighted by Gasteiger charge is 2.25. The second-order valence-corrected chi connectivity index (χ2v) is 6.35. The van der Waals surface area contributed by atoms with E-state index < -0.39 is 0 Å². The Labute approximate surface area is 128 Å². The summed E-state index contributed by atoms with van der Waals surface area (Å²) in [5, 5.41) is 3.26. The van der Waals surface area contributed by atoms with Gasteiger partial charge in [-0.05, 0) is 30.7 Å². The third kappa shape index (κ3) is 4.85. The van der Waals surface area contributed by atoms with Crippen molar-refractivity contribution in [1.82, 2.24) is 5.32 Å². The van der Waals surface area contributed by atoms with E-state index in [1.54, 1.807) is 0 Å². The van der Waals surface area contributed by atoms with E-state index in [-0.39, 0.29) is 11.8 Å². The third-order valence-electron chi connectivity index (χ3n) is 4.67. The lowest BCUT2D eigenvalue weighted by Crippen LogP contribution is -2.44. The Kier molecular flexibility index (Phi) is 6.24. The van der Waals surface area contributed by atoms with Crippen molar-refractivity contribution in [3.63, 3.8) is 0 Å². The summed E-state index contributed by atoms with van der Waals surface area (Å²) >= 11 is 0. The van der Waals surface area contributed by atoms with Gasteiger partial charge < -0.3 is 11.1 Å². The standard InChI is InChI=1S/C18H28N2O/c1-14-8-4-2-7-11-17(14)20-18(21)16(13-19)12-15-9-5-3-6-10-15/h3,5-6,9-10,14,16-17H,2,4,7-8,11-13,19H2,1H3,(H,20,21). The number of amides is 1. The first-order valence-corrected chi connectivity index (χ1v) is 8.25. The quantitative estimate of drug-likeness (QED) is 0.819. The first-order chi connectivity index (χ1) is 10.2. The molecule has 0 aliphatic heterocycles. The van der Waals surface area contributed by atoms with Crippen molar-refractivity contribution in [2.45, 2.75) is 51.5 Å². The average Bonchev–Trinajstić information content (AvgIpc) is 2.71. The number of benzene rings is 1. The molecule has 1 aromatic carbocycles. The molecule has 3 unspecified atom stereocenters. The molecule has 0 aromatic heterocycles. The minimum absolute atomic E-state index is 0.122. The van der Waals surface area contributed by atoms with Gasteiger partial charge in [-0.25, -0.2) is 0 Å². The largest absolute Gasteiger partial charge is 0.353 e. The van der Waals surface area contributed by atoms with Gasteiger partial charge in [0.15, 0.2) is 0 Å². The molecule has 116 valence electrons. The molecule has 0 bridgehead atoms. The molecule has 3 N–H and O–H groups in total. The number of nitrogens with two attached hydrogens (primary N) is 1. The van der Waals surface area contributed by atoms with Gasteiger partial charge in [-0.3, -0.25) is 4.79 Å². The molecule has 3 heteroatoms. The molecular formula is C18H28N2O. The van der Waals surface area contributed by atoms with Crippen LogP contribution in [0.5, 0.6) is 0 Å². The lowest BCUT2D eigenvalue weighted by atomic mass is 9.94. The molecule has 21 heavy (non-hydrogen) atoms. The molecule has 1 amide bonds. The van der Waals surface area contributed by atoms with Gasteiger partial charge in [-0.1, -0.05) is 56.5 Å². The van der Waals surface area contributed by atoms with E-state index in [0.29, 0.717) is 18.5 Å². The minimum atomic E-state index is -0.122. The normalized spacial score (nSPS) is 24.1.